The number of rotatable bonds is 6. The van der Waals surface area contributed by atoms with Gasteiger partial charge in [-0.1, -0.05) is 12.1 Å². The van der Waals surface area contributed by atoms with E-state index in [-0.39, 0.29) is 23.8 Å². The van der Waals surface area contributed by atoms with Gasteiger partial charge in [0, 0.05) is 32.6 Å². The molecule has 1 N–H and O–H groups in total. The first-order valence-corrected chi connectivity index (χ1v) is 10.5. The lowest BCUT2D eigenvalue weighted by Crippen LogP contribution is -2.40. The van der Waals surface area contributed by atoms with Crippen molar-refractivity contribution in [1.29, 1.82) is 0 Å². The summed E-state index contributed by atoms with van der Waals surface area (Å²) in [5.74, 6) is -1.40. The molecule has 0 aliphatic carbocycles. The summed E-state index contributed by atoms with van der Waals surface area (Å²) in [4.78, 5) is 25.0. The Morgan fingerprint density at radius 3 is 2.37 bits per heavy atom. The van der Waals surface area contributed by atoms with Crippen LogP contribution in [-0.4, -0.2) is 74.0 Å². The summed E-state index contributed by atoms with van der Waals surface area (Å²) in [5.41, 5.74) is 0.873. The lowest BCUT2D eigenvalue weighted by molar-refractivity contribution is -0.141. The average Bonchev–Trinajstić information content (AvgIpc) is 3.18. The zero-order chi connectivity index (χ0) is 19.4. The highest BCUT2D eigenvalue weighted by molar-refractivity contribution is 7.89. The predicted molar refractivity (Wildman–Crippen MR) is 96.7 cm³/mol. The maximum atomic E-state index is 12.6. The fourth-order valence-electron chi connectivity index (χ4n) is 3.36. The van der Waals surface area contributed by atoms with E-state index in [0.29, 0.717) is 45.7 Å². The molecule has 2 aliphatic rings. The Morgan fingerprint density at radius 1 is 1.11 bits per heavy atom. The van der Waals surface area contributed by atoms with Gasteiger partial charge < -0.3 is 14.7 Å². The minimum Gasteiger partial charge on any atom is -0.481 e. The van der Waals surface area contributed by atoms with E-state index in [0.717, 1.165) is 5.56 Å². The molecule has 0 spiro atoms. The van der Waals surface area contributed by atoms with E-state index in [4.69, 9.17) is 9.84 Å². The number of benzene rings is 1. The van der Waals surface area contributed by atoms with Crippen molar-refractivity contribution in [2.45, 2.75) is 24.2 Å². The molecule has 1 atom stereocenters. The number of hydrogen-bond donors (Lipinski definition) is 1. The van der Waals surface area contributed by atoms with Gasteiger partial charge in [0.25, 0.3) is 0 Å². The van der Waals surface area contributed by atoms with Gasteiger partial charge in [0.15, 0.2) is 0 Å². The van der Waals surface area contributed by atoms with Gasteiger partial charge in [-0.25, -0.2) is 8.42 Å². The van der Waals surface area contributed by atoms with Gasteiger partial charge in [-0.3, -0.25) is 9.59 Å². The normalized spacial score (nSPS) is 21.3. The van der Waals surface area contributed by atoms with Crippen LogP contribution in [0.3, 0.4) is 0 Å². The fraction of sp³-hybridized carbons (Fsp3) is 0.556. The largest absolute Gasteiger partial charge is 0.481 e. The van der Waals surface area contributed by atoms with Crippen LogP contribution < -0.4 is 0 Å². The number of aryl methyl sites for hydroxylation is 1. The lowest BCUT2D eigenvalue weighted by atomic mass is 10.1. The molecular weight excluding hydrogens is 372 g/mol. The SMILES string of the molecule is O=C(O)C1CCN(C(=O)CCc2ccc(S(=O)(=O)N3CCOCC3)cc2)C1. The molecule has 0 radical (unpaired) electrons. The third kappa shape index (κ3) is 4.66. The summed E-state index contributed by atoms with van der Waals surface area (Å²) in [6, 6.07) is 6.59. The van der Waals surface area contributed by atoms with Crippen LogP contribution in [0.2, 0.25) is 0 Å². The van der Waals surface area contributed by atoms with Crippen LogP contribution in [-0.2, 0) is 30.8 Å². The third-order valence-electron chi connectivity index (χ3n) is 5.05. The van der Waals surface area contributed by atoms with Crippen LogP contribution in [0, 0.1) is 5.92 Å². The molecule has 8 nitrogen and oxygen atoms in total. The molecule has 2 aliphatic heterocycles. The van der Waals surface area contributed by atoms with Crippen LogP contribution in [0.15, 0.2) is 29.2 Å². The number of hydrogen-bond acceptors (Lipinski definition) is 5. The number of nitrogens with zero attached hydrogens (tertiary/aromatic N) is 2. The minimum absolute atomic E-state index is 0.0660. The van der Waals surface area contributed by atoms with Gasteiger partial charge in [0.05, 0.1) is 24.0 Å². The van der Waals surface area contributed by atoms with Crippen LogP contribution in [0.4, 0.5) is 0 Å². The number of carboxylic acids is 1. The highest BCUT2D eigenvalue weighted by Gasteiger charge is 2.30. The molecule has 1 aromatic carbocycles. The van der Waals surface area contributed by atoms with E-state index >= 15 is 0 Å². The second kappa shape index (κ2) is 8.37. The number of carbonyl (C=O) groups is 2. The number of carbonyl (C=O) groups excluding carboxylic acids is 1. The van der Waals surface area contributed by atoms with E-state index in [2.05, 4.69) is 0 Å². The number of sulfonamides is 1. The van der Waals surface area contributed by atoms with Crippen molar-refractivity contribution in [2.75, 3.05) is 39.4 Å². The topological polar surface area (TPSA) is 104 Å². The van der Waals surface area contributed by atoms with E-state index in [9.17, 15) is 18.0 Å². The molecule has 1 unspecified atom stereocenters. The molecule has 3 rings (SSSR count). The van der Waals surface area contributed by atoms with Crippen molar-refractivity contribution in [1.82, 2.24) is 9.21 Å². The van der Waals surface area contributed by atoms with Gasteiger partial charge in [-0.05, 0) is 30.5 Å². The summed E-state index contributed by atoms with van der Waals surface area (Å²) in [6.07, 6.45) is 1.27. The Labute approximate surface area is 158 Å². The maximum absolute atomic E-state index is 12.6. The van der Waals surface area contributed by atoms with Gasteiger partial charge in [-0.2, -0.15) is 4.31 Å². The predicted octanol–water partition coefficient (Wildman–Crippen LogP) is 0.573. The van der Waals surface area contributed by atoms with E-state index in [1.807, 2.05) is 0 Å². The van der Waals surface area contributed by atoms with Crippen LogP contribution in [0.5, 0.6) is 0 Å². The summed E-state index contributed by atoms with van der Waals surface area (Å²) >= 11 is 0. The van der Waals surface area contributed by atoms with E-state index in [1.54, 1.807) is 29.2 Å². The quantitative estimate of drug-likeness (QED) is 0.754. The Morgan fingerprint density at radius 2 is 1.78 bits per heavy atom. The van der Waals surface area contributed by atoms with Crippen molar-refractivity contribution in [3.63, 3.8) is 0 Å². The number of aliphatic carboxylic acids is 1. The molecule has 27 heavy (non-hydrogen) atoms. The molecule has 2 saturated heterocycles. The van der Waals surface area contributed by atoms with Crippen molar-refractivity contribution in [2.24, 2.45) is 5.92 Å². The third-order valence-corrected chi connectivity index (χ3v) is 6.96. The van der Waals surface area contributed by atoms with Gasteiger partial charge in [0.2, 0.25) is 15.9 Å². The summed E-state index contributed by atoms with van der Waals surface area (Å²) in [5, 5.41) is 9.01. The molecule has 0 aromatic heterocycles. The first-order chi connectivity index (χ1) is 12.9. The number of morpholine rings is 1. The summed E-state index contributed by atoms with van der Waals surface area (Å²) in [6.45, 7) is 2.26. The van der Waals surface area contributed by atoms with E-state index in [1.165, 1.54) is 4.31 Å². The van der Waals surface area contributed by atoms with Gasteiger partial charge in [0.1, 0.15) is 0 Å². The second-order valence-corrected chi connectivity index (χ2v) is 8.76. The molecule has 9 heteroatoms. The Balaban J connectivity index is 1.55. The number of carboxylic acid groups (broad SMARTS) is 1. The molecular formula is C18H24N2O6S. The Bertz CT molecular complexity index is 787. The lowest BCUT2D eigenvalue weighted by Gasteiger charge is -2.26. The van der Waals surface area contributed by atoms with Crippen LogP contribution in [0.25, 0.3) is 0 Å². The highest BCUT2D eigenvalue weighted by Crippen LogP contribution is 2.20. The molecule has 0 bridgehead atoms. The highest BCUT2D eigenvalue weighted by atomic mass is 32.2. The molecule has 2 heterocycles. The fourth-order valence-corrected chi connectivity index (χ4v) is 4.77. The van der Waals surface area contributed by atoms with Crippen molar-refractivity contribution in [3.8, 4) is 0 Å². The number of ether oxygens (including phenoxy) is 1. The monoisotopic (exact) mass is 396 g/mol. The molecule has 2 fully saturated rings. The van der Waals surface area contributed by atoms with Crippen LogP contribution in [0.1, 0.15) is 18.4 Å². The standard InChI is InChI=1S/C18H24N2O6S/c21-17(19-8-7-15(13-19)18(22)23)6-3-14-1-4-16(5-2-14)27(24,25)20-9-11-26-12-10-20/h1-2,4-5,15H,3,6-13H2,(H,22,23). The number of likely N-dealkylation sites (tertiary alicyclic amines) is 1. The van der Waals surface area contributed by atoms with Crippen molar-refractivity contribution >= 4 is 21.9 Å². The second-order valence-electron chi connectivity index (χ2n) is 6.82. The molecule has 1 amide bonds. The minimum atomic E-state index is -3.51. The average molecular weight is 396 g/mol. The summed E-state index contributed by atoms with van der Waals surface area (Å²) in [7, 11) is -3.51. The number of amides is 1. The van der Waals surface area contributed by atoms with Crippen LogP contribution >= 0.6 is 0 Å². The first kappa shape index (κ1) is 19.8. The van der Waals surface area contributed by atoms with Crippen molar-refractivity contribution in [3.05, 3.63) is 29.8 Å². The van der Waals surface area contributed by atoms with Gasteiger partial charge >= 0.3 is 5.97 Å². The zero-order valence-electron chi connectivity index (χ0n) is 15.0. The van der Waals surface area contributed by atoms with E-state index < -0.39 is 21.9 Å². The molecule has 1 aromatic rings. The maximum Gasteiger partial charge on any atom is 0.308 e. The van der Waals surface area contributed by atoms with Crippen molar-refractivity contribution < 1.29 is 27.9 Å². The van der Waals surface area contributed by atoms with Gasteiger partial charge in [-0.15, -0.1) is 0 Å². The smallest absolute Gasteiger partial charge is 0.308 e. The Kier molecular flexibility index (Phi) is 6.13. The summed E-state index contributed by atoms with van der Waals surface area (Å²) < 4.78 is 31.8. The molecule has 0 saturated carbocycles. The first-order valence-electron chi connectivity index (χ1n) is 9.05. The zero-order valence-corrected chi connectivity index (χ0v) is 15.9. The molecule has 148 valence electrons. The Hall–Kier alpha value is -1.97.